The van der Waals surface area contributed by atoms with Crippen LogP contribution in [0.25, 0.3) is 10.6 Å². The van der Waals surface area contributed by atoms with Crippen LogP contribution in [0.2, 0.25) is 0 Å². The molecule has 2 aromatic heterocycles. The van der Waals surface area contributed by atoms with Crippen molar-refractivity contribution in [3.63, 3.8) is 0 Å². The summed E-state index contributed by atoms with van der Waals surface area (Å²) in [6.07, 6.45) is 2.28. The number of nitrogens with zero attached hydrogens (tertiary/aromatic N) is 5. The molecule has 1 fully saturated rings. The van der Waals surface area contributed by atoms with Crippen LogP contribution in [-0.2, 0) is 11.2 Å². The van der Waals surface area contributed by atoms with E-state index >= 15 is 0 Å². The number of amides is 1. The molecule has 0 unspecified atom stereocenters. The minimum Gasteiger partial charge on any atom is -0.502 e. The fourth-order valence-corrected chi connectivity index (χ4v) is 5.75. The molecule has 2 aliphatic rings. The van der Waals surface area contributed by atoms with Gasteiger partial charge in [-0.3, -0.25) is 19.3 Å². The Labute approximate surface area is 207 Å². The van der Waals surface area contributed by atoms with E-state index in [9.17, 15) is 27.9 Å². The molecule has 0 saturated carbocycles. The molecule has 9 nitrogen and oxygen atoms in total. The van der Waals surface area contributed by atoms with Gasteiger partial charge in [0.1, 0.15) is 28.6 Å². The van der Waals surface area contributed by atoms with Crippen molar-refractivity contribution in [1.82, 2.24) is 19.8 Å². The van der Waals surface area contributed by atoms with E-state index < -0.39 is 34.5 Å². The molecular weight excluding hydrogens is 499 g/mol. The predicted octanol–water partition coefficient (Wildman–Crippen LogP) is 2.63. The third-order valence-corrected chi connectivity index (χ3v) is 7.46. The van der Waals surface area contributed by atoms with E-state index in [1.54, 1.807) is 12.0 Å². The molecule has 0 bridgehead atoms. The molecule has 13 heteroatoms. The zero-order chi connectivity index (χ0) is 25.7. The number of pyridine rings is 1. The second-order valence-corrected chi connectivity index (χ2v) is 9.64. The van der Waals surface area contributed by atoms with Gasteiger partial charge in [0.15, 0.2) is 16.5 Å². The molecule has 2 aliphatic heterocycles. The van der Waals surface area contributed by atoms with Crippen molar-refractivity contribution in [3.05, 3.63) is 62.3 Å². The van der Waals surface area contributed by atoms with Crippen LogP contribution in [0.3, 0.4) is 0 Å². The van der Waals surface area contributed by atoms with Gasteiger partial charge in [-0.15, -0.1) is 10.2 Å². The van der Waals surface area contributed by atoms with Crippen molar-refractivity contribution < 1.29 is 27.8 Å². The number of carbonyl (C=O) groups is 1. The predicted molar refractivity (Wildman–Crippen MR) is 124 cm³/mol. The SMILES string of the molecule is CCN1C(=O)c2c(O)c(=O)c(-c3nnc(Cc4c(F)cc(F)cc4F)s3)cn2N2[C@H](COC)CC[C@H]12. The topological polar surface area (TPSA) is 101 Å². The molecule has 0 radical (unpaired) electrons. The van der Waals surface area contributed by atoms with Crippen LogP contribution in [0.1, 0.15) is 40.8 Å². The highest BCUT2D eigenvalue weighted by Crippen LogP contribution is 2.35. The highest BCUT2D eigenvalue weighted by atomic mass is 32.1. The Hall–Kier alpha value is -3.45. The summed E-state index contributed by atoms with van der Waals surface area (Å²) in [6, 6.07) is 1.05. The summed E-state index contributed by atoms with van der Waals surface area (Å²) in [5.41, 5.74) is -1.35. The number of hydrogen-bond donors (Lipinski definition) is 1. The Kier molecular flexibility index (Phi) is 6.20. The Bertz CT molecular complexity index is 1390. The highest BCUT2D eigenvalue weighted by molar-refractivity contribution is 7.14. The van der Waals surface area contributed by atoms with E-state index in [2.05, 4.69) is 10.2 Å². The molecule has 5 rings (SSSR count). The van der Waals surface area contributed by atoms with E-state index in [1.807, 2.05) is 11.9 Å². The second kappa shape index (κ2) is 9.21. The molecule has 1 amide bonds. The van der Waals surface area contributed by atoms with Gasteiger partial charge in [-0.05, 0) is 19.8 Å². The number of ether oxygens (including phenoxy) is 1. The summed E-state index contributed by atoms with van der Waals surface area (Å²) >= 11 is 0.906. The van der Waals surface area contributed by atoms with E-state index in [4.69, 9.17) is 4.74 Å². The molecule has 190 valence electrons. The van der Waals surface area contributed by atoms with Crippen molar-refractivity contribution in [1.29, 1.82) is 0 Å². The van der Waals surface area contributed by atoms with Crippen molar-refractivity contribution in [2.24, 2.45) is 0 Å². The fourth-order valence-electron chi connectivity index (χ4n) is 4.89. The summed E-state index contributed by atoms with van der Waals surface area (Å²) in [7, 11) is 1.57. The lowest BCUT2D eigenvalue weighted by Gasteiger charge is -2.44. The van der Waals surface area contributed by atoms with Gasteiger partial charge < -0.3 is 14.7 Å². The van der Waals surface area contributed by atoms with Gasteiger partial charge in [-0.25, -0.2) is 13.2 Å². The summed E-state index contributed by atoms with van der Waals surface area (Å²) < 4.78 is 48.3. The molecule has 36 heavy (non-hydrogen) atoms. The first kappa shape index (κ1) is 24.3. The number of aromatic hydroxyl groups is 1. The largest absolute Gasteiger partial charge is 0.502 e. The number of aromatic nitrogens is 3. The van der Waals surface area contributed by atoms with Gasteiger partial charge in [0.25, 0.3) is 5.91 Å². The lowest BCUT2D eigenvalue weighted by atomic mass is 10.1. The van der Waals surface area contributed by atoms with E-state index in [-0.39, 0.29) is 45.5 Å². The fraction of sp³-hybridized carbons (Fsp3) is 0.391. The quantitative estimate of drug-likeness (QED) is 0.532. The van der Waals surface area contributed by atoms with Crippen molar-refractivity contribution in [2.75, 3.05) is 25.3 Å². The van der Waals surface area contributed by atoms with Gasteiger partial charge in [-0.1, -0.05) is 11.3 Å². The Balaban J connectivity index is 1.58. The standard InChI is InChI=1S/C23H22F3N5O4S/c1-3-29-18-5-4-12(10-35-2)31(18)30-9-14(20(32)21(33)19(30)23(29)34)22-28-27-17(36-22)8-13-15(25)6-11(24)7-16(13)26/h6-7,9,12,18,33H,3-5,8,10H2,1-2H3/t12-,18+/m0/s1. The van der Waals surface area contributed by atoms with E-state index in [1.165, 1.54) is 10.9 Å². The molecule has 4 heterocycles. The molecular formula is C23H22F3N5O4S. The lowest BCUT2D eigenvalue weighted by Crippen LogP contribution is -2.61. The van der Waals surface area contributed by atoms with Crippen molar-refractivity contribution >= 4 is 17.2 Å². The smallest absolute Gasteiger partial charge is 0.278 e. The number of hydrogen-bond acceptors (Lipinski definition) is 8. The highest BCUT2D eigenvalue weighted by Gasteiger charge is 2.46. The van der Waals surface area contributed by atoms with Crippen molar-refractivity contribution in [3.8, 4) is 16.3 Å². The summed E-state index contributed by atoms with van der Waals surface area (Å²) in [4.78, 5) is 27.9. The number of rotatable bonds is 6. The summed E-state index contributed by atoms with van der Waals surface area (Å²) in [6.45, 7) is 2.60. The average Bonchev–Trinajstić information content (AvgIpc) is 3.46. The minimum atomic E-state index is -1.06. The molecule has 1 saturated heterocycles. The Morgan fingerprint density at radius 2 is 1.89 bits per heavy atom. The molecule has 1 aromatic carbocycles. The Morgan fingerprint density at radius 3 is 2.56 bits per heavy atom. The maximum absolute atomic E-state index is 14.1. The van der Waals surface area contributed by atoms with Crippen LogP contribution in [0, 0.1) is 17.5 Å². The first-order valence-corrected chi connectivity index (χ1v) is 12.1. The summed E-state index contributed by atoms with van der Waals surface area (Å²) in [5, 5.41) is 20.9. The lowest BCUT2D eigenvalue weighted by molar-refractivity contribution is 0.0586. The molecule has 1 N–H and O–H groups in total. The van der Waals surface area contributed by atoms with Crippen LogP contribution in [0.15, 0.2) is 23.1 Å². The van der Waals surface area contributed by atoms with Crippen LogP contribution in [0.5, 0.6) is 5.75 Å². The number of carbonyl (C=O) groups excluding carboxylic acids is 1. The van der Waals surface area contributed by atoms with E-state index in [0.29, 0.717) is 31.7 Å². The number of fused-ring (bicyclic) bond motifs is 3. The third kappa shape index (κ3) is 3.82. The van der Waals surface area contributed by atoms with Crippen LogP contribution in [0.4, 0.5) is 13.2 Å². The average molecular weight is 522 g/mol. The first-order chi connectivity index (χ1) is 17.2. The second-order valence-electron chi connectivity index (χ2n) is 8.58. The number of benzene rings is 1. The normalized spacial score (nSPS) is 19.1. The molecule has 2 atom stereocenters. The zero-order valence-corrected chi connectivity index (χ0v) is 20.2. The van der Waals surface area contributed by atoms with Crippen molar-refractivity contribution in [2.45, 2.75) is 38.4 Å². The van der Waals surface area contributed by atoms with Gasteiger partial charge in [0.2, 0.25) is 5.43 Å². The third-order valence-electron chi connectivity index (χ3n) is 6.50. The molecule has 0 spiro atoms. The number of halogens is 3. The van der Waals surface area contributed by atoms with Gasteiger partial charge in [0, 0.05) is 44.0 Å². The zero-order valence-electron chi connectivity index (χ0n) is 19.4. The molecule has 0 aliphatic carbocycles. The number of methoxy groups -OCH3 is 1. The summed E-state index contributed by atoms with van der Waals surface area (Å²) in [5.74, 6) is -4.33. The molecule has 3 aromatic rings. The van der Waals surface area contributed by atoms with Crippen LogP contribution in [-0.4, -0.2) is 63.3 Å². The van der Waals surface area contributed by atoms with E-state index in [0.717, 1.165) is 17.8 Å². The van der Waals surface area contributed by atoms with Gasteiger partial charge in [0.05, 0.1) is 18.2 Å². The van der Waals surface area contributed by atoms with Crippen LogP contribution < -0.4 is 10.4 Å². The van der Waals surface area contributed by atoms with Crippen LogP contribution >= 0.6 is 11.3 Å². The minimum absolute atomic E-state index is 0.0142. The van der Waals surface area contributed by atoms with Gasteiger partial charge >= 0.3 is 0 Å². The monoisotopic (exact) mass is 521 g/mol. The maximum atomic E-state index is 14.1. The maximum Gasteiger partial charge on any atom is 0.278 e. The van der Waals surface area contributed by atoms with Gasteiger partial charge in [-0.2, -0.15) is 0 Å². The first-order valence-electron chi connectivity index (χ1n) is 11.3. The Morgan fingerprint density at radius 1 is 1.17 bits per heavy atom.